The number of ether oxygens (including phenoxy) is 1. The van der Waals surface area contributed by atoms with E-state index in [1.165, 1.54) is 0 Å². The van der Waals surface area contributed by atoms with E-state index < -0.39 is 13.0 Å². The Morgan fingerprint density at radius 2 is 2.37 bits per heavy atom. The van der Waals surface area contributed by atoms with Gasteiger partial charge < -0.3 is 30.3 Å². The standard InChI is InChI=1S/C17H18BN5O4/c1-20-14-4-5-26-9-15(14)23-7-12(16(19)24)17(22-23)21-11-2-3-13-10(6-11)8-27-18(13)25/h2-3,6-7,14-15,25H,4-5,8-9H2,(H2,19,24)(H,21,22)/t14-,15-/m0/s1. The molecule has 0 bridgehead atoms. The number of amides is 1. The highest BCUT2D eigenvalue weighted by atomic mass is 16.5. The summed E-state index contributed by atoms with van der Waals surface area (Å²) in [6.45, 7) is 8.60. The predicted molar refractivity (Wildman–Crippen MR) is 97.7 cm³/mol. The molecule has 4 rings (SSSR count). The van der Waals surface area contributed by atoms with Crippen LogP contribution in [0.15, 0.2) is 24.4 Å². The van der Waals surface area contributed by atoms with Crippen LogP contribution in [0.5, 0.6) is 0 Å². The number of nitrogens with zero attached hydrogens (tertiary/aromatic N) is 3. The van der Waals surface area contributed by atoms with Crippen molar-refractivity contribution in [3.05, 3.63) is 46.9 Å². The van der Waals surface area contributed by atoms with Crippen molar-refractivity contribution in [2.24, 2.45) is 5.73 Å². The summed E-state index contributed by atoms with van der Waals surface area (Å²) in [5.74, 6) is -0.295. The molecule has 2 aromatic rings. The smallest absolute Gasteiger partial charge is 0.423 e. The third-order valence-corrected chi connectivity index (χ3v) is 4.86. The Labute approximate surface area is 156 Å². The van der Waals surface area contributed by atoms with Gasteiger partial charge in [-0.15, -0.1) is 0 Å². The highest BCUT2D eigenvalue weighted by Crippen LogP contribution is 2.27. The van der Waals surface area contributed by atoms with Crippen LogP contribution in [0.3, 0.4) is 0 Å². The molecule has 1 amide bonds. The van der Waals surface area contributed by atoms with Crippen LogP contribution in [-0.4, -0.2) is 47.1 Å². The lowest BCUT2D eigenvalue weighted by Crippen LogP contribution is -2.32. The summed E-state index contributed by atoms with van der Waals surface area (Å²) < 4.78 is 12.3. The minimum Gasteiger partial charge on any atom is -0.423 e. The maximum Gasteiger partial charge on any atom is 0.491 e. The maximum atomic E-state index is 11.9. The molecule has 10 heteroatoms. The van der Waals surface area contributed by atoms with Gasteiger partial charge in [0.15, 0.2) is 5.82 Å². The molecular formula is C17H18BN5O4. The van der Waals surface area contributed by atoms with Gasteiger partial charge in [0.25, 0.3) is 5.91 Å². The molecule has 2 aliphatic heterocycles. The first-order chi connectivity index (χ1) is 13.1. The number of rotatable bonds is 4. The summed E-state index contributed by atoms with van der Waals surface area (Å²) in [5, 5.41) is 17.3. The van der Waals surface area contributed by atoms with Crippen molar-refractivity contribution >= 4 is 30.0 Å². The molecule has 9 nitrogen and oxygen atoms in total. The Morgan fingerprint density at radius 3 is 3.15 bits per heavy atom. The van der Waals surface area contributed by atoms with Crippen LogP contribution >= 0.6 is 0 Å². The molecule has 1 fully saturated rings. The van der Waals surface area contributed by atoms with Gasteiger partial charge in [-0.05, 0) is 23.2 Å². The molecule has 1 aromatic carbocycles. The second kappa shape index (κ2) is 7.04. The minimum atomic E-state index is -0.911. The monoisotopic (exact) mass is 367 g/mol. The first-order valence-electron chi connectivity index (χ1n) is 8.59. The third-order valence-electron chi connectivity index (χ3n) is 4.86. The summed E-state index contributed by atoms with van der Waals surface area (Å²) in [7, 11) is -0.911. The average molecular weight is 367 g/mol. The van der Waals surface area contributed by atoms with Crippen LogP contribution in [0.25, 0.3) is 4.85 Å². The highest BCUT2D eigenvalue weighted by Gasteiger charge is 2.34. The van der Waals surface area contributed by atoms with Crippen LogP contribution < -0.4 is 16.5 Å². The Kier molecular flexibility index (Phi) is 4.57. The fourth-order valence-corrected chi connectivity index (χ4v) is 3.39. The summed E-state index contributed by atoms with van der Waals surface area (Å²) in [5.41, 5.74) is 8.03. The average Bonchev–Trinajstić information content (AvgIpc) is 3.25. The summed E-state index contributed by atoms with van der Waals surface area (Å²) >= 11 is 0. The molecule has 3 heterocycles. The number of nitrogens with one attached hydrogen (secondary N) is 1. The Balaban J connectivity index is 1.64. The molecule has 0 spiro atoms. The zero-order valence-corrected chi connectivity index (χ0v) is 14.5. The predicted octanol–water partition coefficient (Wildman–Crippen LogP) is 0.193. The van der Waals surface area contributed by atoms with E-state index in [9.17, 15) is 9.82 Å². The van der Waals surface area contributed by atoms with Gasteiger partial charge in [0.1, 0.15) is 11.6 Å². The fourth-order valence-electron chi connectivity index (χ4n) is 3.39. The number of carbonyl (C=O) groups excluding carboxylic acids is 1. The lowest BCUT2D eigenvalue weighted by molar-refractivity contribution is 0.0506. The second-order valence-electron chi connectivity index (χ2n) is 6.56. The number of anilines is 2. The number of nitrogens with two attached hydrogens (primary N) is 1. The molecule has 0 aliphatic carbocycles. The molecule has 0 radical (unpaired) electrons. The molecular weight excluding hydrogens is 349 g/mol. The quantitative estimate of drug-likeness (QED) is 0.525. The third kappa shape index (κ3) is 3.28. The minimum absolute atomic E-state index is 0.237. The van der Waals surface area contributed by atoms with E-state index in [2.05, 4.69) is 15.3 Å². The molecule has 2 aliphatic rings. The van der Waals surface area contributed by atoms with Gasteiger partial charge in [0.05, 0.1) is 19.8 Å². The van der Waals surface area contributed by atoms with Gasteiger partial charge in [-0.1, -0.05) is 6.07 Å². The van der Waals surface area contributed by atoms with Gasteiger partial charge in [-0.25, -0.2) is 6.57 Å². The molecule has 1 saturated heterocycles. The van der Waals surface area contributed by atoms with Crippen molar-refractivity contribution in [2.45, 2.75) is 25.1 Å². The topological polar surface area (TPSA) is 116 Å². The number of carbonyl (C=O) groups is 1. The summed E-state index contributed by atoms with van der Waals surface area (Å²) in [4.78, 5) is 15.5. The first kappa shape index (κ1) is 17.5. The van der Waals surface area contributed by atoms with Crippen molar-refractivity contribution in [3.8, 4) is 0 Å². The van der Waals surface area contributed by atoms with Crippen LogP contribution in [0.2, 0.25) is 0 Å². The van der Waals surface area contributed by atoms with Crippen LogP contribution in [0.4, 0.5) is 11.5 Å². The number of hydrogen-bond acceptors (Lipinski definition) is 6. The van der Waals surface area contributed by atoms with E-state index in [1.807, 2.05) is 6.07 Å². The lowest BCUT2D eigenvalue weighted by atomic mass is 9.79. The maximum absolute atomic E-state index is 11.9. The van der Waals surface area contributed by atoms with Crippen molar-refractivity contribution in [3.63, 3.8) is 0 Å². The highest BCUT2D eigenvalue weighted by molar-refractivity contribution is 6.61. The Hall–Kier alpha value is -2.87. The van der Waals surface area contributed by atoms with Crippen LogP contribution in [-0.2, 0) is 16.0 Å². The Bertz CT molecular complexity index is 925. The molecule has 138 valence electrons. The zero-order chi connectivity index (χ0) is 19.0. The van der Waals surface area contributed by atoms with Crippen molar-refractivity contribution in [1.29, 1.82) is 0 Å². The number of benzene rings is 1. The molecule has 2 atom stereocenters. The second-order valence-corrected chi connectivity index (χ2v) is 6.56. The normalized spacial score (nSPS) is 21.6. The van der Waals surface area contributed by atoms with E-state index in [0.29, 0.717) is 37.7 Å². The van der Waals surface area contributed by atoms with Gasteiger partial charge in [-0.2, -0.15) is 5.10 Å². The van der Waals surface area contributed by atoms with Crippen molar-refractivity contribution in [1.82, 2.24) is 9.78 Å². The number of hydrogen-bond donors (Lipinski definition) is 3. The van der Waals surface area contributed by atoms with Crippen LogP contribution in [0.1, 0.15) is 28.4 Å². The van der Waals surface area contributed by atoms with E-state index in [4.69, 9.17) is 21.7 Å². The van der Waals surface area contributed by atoms with Gasteiger partial charge in [-0.3, -0.25) is 9.48 Å². The van der Waals surface area contributed by atoms with E-state index in [-0.39, 0.29) is 17.6 Å². The molecule has 27 heavy (non-hydrogen) atoms. The fraction of sp³-hybridized carbons (Fsp3) is 0.353. The van der Waals surface area contributed by atoms with Gasteiger partial charge in [0.2, 0.25) is 6.04 Å². The molecule has 4 N–H and O–H groups in total. The largest absolute Gasteiger partial charge is 0.491 e. The molecule has 0 saturated carbocycles. The van der Waals surface area contributed by atoms with Gasteiger partial charge in [0, 0.05) is 18.3 Å². The van der Waals surface area contributed by atoms with E-state index >= 15 is 0 Å². The SMILES string of the molecule is [C-]#[N+][C@H]1CCOC[C@@H]1n1cc(C(N)=O)c(Nc2ccc3c(c2)COB3O)n1. The number of fused-ring (bicyclic) bond motifs is 1. The lowest BCUT2D eigenvalue weighted by Gasteiger charge is -2.23. The van der Waals surface area contributed by atoms with Crippen molar-refractivity contribution in [2.75, 3.05) is 18.5 Å². The van der Waals surface area contributed by atoms with E-state index in [0.717, 1.165) is 11.0 Å². The summed E-state index contributed by atoms with van der Waals surface area (Å²) in [6, 6.07) is 4.84. The van der Waals surface area contributed by atoms with Crippen LogP contribution in [0, 0.1) is 6.57 Å². The molecule has 0 unspecified atom stereocenters. The van der Waals surface area contributed by atoms with Gasteiger partial charge >= 0.3 is 7.12 Å². The molecule has 1 aromatic heterocycles. The zero-order valence-electron chi connectivity index (χ0n) is 14.5. The van der Waals surface area contributed by atoms with Crippen molar-refractivity contribution < 1.29 is 19.2 Å². The van der Waals surface area contributed by atoms with E-state index in [1.54, 1.807) is 23.0 Å². The number of aromatic nitrogens is 2. The Morgan fingerprint density at radius 1 is 1.52 bits per heavy atom. The number of primary amides is 1. The summed E-state index contributed by atoms with van der Waals surface area (Å²) in [6.07, 6.45) is 2.18. The first-order valence-corrected chi connectivity index (χ1v) is 8.59.